The van der Waals surface area contributed by atoms with Crippen LogP contribution in [-0.4, -0.2) is 16.0 Å². The number of hydrogen-bond acceptors (Lipinski definition) is 6. The highest BCUT2D eigenvalue weighted by Gasteiger charge is 2.13. The molecule has 0 aliphatic heterocycles. The van der Waals surface area contributed by atoms with E-state index in [1.165, 1.54) is 16.6 Å². The molecule has 0 saturated carbocycles. The van der Waals surface area contributed by atoms with Crippen molar-refractivity contribution < 1.29 is 9.32 Å². The molecule has 0 fully saturated rings. The van der Waals surface area contributed by atoms with Gasteiger partial charge in [0.2, 0.25) is 5.89 Å². The Morgan fingerprint density at radius 2 is 2.04 bits per heavy atom. The van der Waals surface area contributed by atoms with Gasteiger partial charge in [-0.05, 0) is 30.7 Å². The lowest BCUT2D eigenvalue weighted by Crippen LogP contribution is -2.22. The number of carbonyl (C=O) groups excluding carboxylic acids is 1. The Hall–Kier alpha value is -2.12. The van der Waals surface area contributed by atoms with Gasteiger partial charge < -0.3 is 9.84 Å². The fourth-order valence-corrected chi connectivity index (χ4v) is 4.08. The molecule has 2 aromatic heterocycles. The molecule has 0 bridgehead atoms. The first-order valence-electron chi connectivity index (χ1n) is 8.02. The van der Waals surface area contributed by atoms with Crippen molar-refractivity contribution in [3.05, 3.63) is 63.4 Å². The van der Waals surface area contributed by atoms with Crippen LogP contribution in [-0.2, 0) is 18.7 Å². The topological polar surface area (TPSA) is 68.0 Å². The molecule has 1 N–H and O–H groups in total. The van der Waals surface area contributed by atoms with Crippen LogP contribution in [0.15, 0.2) is 45.8 Å². The summed E-state index contributed by atoms with van der Waals surface area (Å²) in [6.07, 6.45) is 1.02. The third-order valence-corrected chi connectivity index (χ3v) is 5.85. The van der Waals surface area contributed by atoms with Crippen molar-refractivity contribution in [2.24, 2.45) is 0 Å². The fraction of sp³-hybridized carbons (Fsp3) is 0.278. The van der Waals surface area contributed by atoms with E-state index in [1.54, 1.807) is 18.3 Å². The summed E-state index contributed by atoms with van der Waals surface area (Å²) in [5.74, 6) is 1.66. The van der Waals surface area contributed by atoms with E-state index in [4.69, 9.17) is 4.52 Å². The van der Waals surface area contributed by atoms with Crippen molar-refractivity contribution in [2.75, 3.05) is 0 Å². The molecule has 0 radical (unpaired) electrons. The minimum atomic E-state index is -0.0705. The second-order valence-corrected chi connectivity index (χ2v) is 7.69. The third-order valence-electron chi connectivity index (χ3n) is 3.55. The second kappa shape index (κ2) is 8.31. The molecule has 7 heteroatoms. The Bertz CT molecular complexity index is 857. The van der Waals surface area contributed by atoms with Crippen LogP contribution in [0.5, 0.6) is 0 Å². The van der Waals surface area contributed by atoms with Crippen LogP contribution in [0.4, 0.5) is 0 Å². The highest BCUT2D eigenvalue weighted by molar-refractivity contribution is 7.98. The van der Waals surface area contributed by atoms with Crippen LogP contribution >= 0.6 is 23.1 Å². The van der Waals surface area contributed by atoms with Crippen molar-refractivity contribution in [1.82, 2.24) is 15.5 Å². The summed E-state index contributed by atoms with van der Waals surface area (Å²) in [5, 5.41) is 6.89. The zero-order valence-electron chi connectivity index (χ0n) is 14.1. The van der Waals surface area contributed by atoms with Crippen LogP contribution < -0.4 is 5.32 Å². The van der Waals surface area contributed by atoms with E-state index >= 15 is 0 Å². The van der Waals surface area contributed by atoms with Crippen molar-refractivity contribution in [3.63, 3.8) is 0 Å². The molecule has 0 unspecified atom stereocenters. The van der Waals surface area contributed by atoms with E-state index in [1.807, 2.05) is 24.3 Å². The van der Waals surface area contributed by atoms with Crippen LogP contribution in [0.25, 0.3) is 0 Å². The third kappa shape index (κ3) is 4.70. The molecule has 0 spiro atoms. The number of rotatable bonds is 7. The Morgan fingerprint density at radius 1 is 1.24 bits per heavy atom. The molecule has 3 rings (SSSR count). The number of aryl methyl sites for hydroxylation is 2. The Labute approximate surface area is 154 Å². The number of nitrogens with one attached hydrogen (secondary N) is 1. The molecule has 0 aliphatic carbocycles. The average Bonchev–Trinajstić information content (AvgIpc) is 3.26. The molecule has 3 aromatic rings. The standard InChI is InChI=1S/C18H19N3O2S2/c1-3-13-8-9-14(25-13)10-19-18(22)15-6-4-5-7-16(15)24-11-17-20-12(2)23-21-17/h4-9H,3,10-11H2,1-2H3,(H,19,22). The normalized spacial score (nSPS) is 10.8. The fourth-order valence-electron chi connectivity index (χ4n) is 2.29. The second-order valence-electron chi connectivity index (χ2n) is 5.42. The number of benzene rings is 1. The molecule has 0 aliphatic rings. The number of amides is 1. The highest BCUT2D eigenvalue weighted by Crippen LogP contribution is 2.25. The van der Waals surface area contributed by atoms with Crippen molar-refractivity contribution >= 4 is 29.0 Å². The monoisotopic (exact) mass is 373 g/mol. The van der Waals surface area contributed by atoms with Gasteiger partial charge >= 0.3 is 0 Å². The van der Waals surface area contributed by atoms with E-state index in [0.29, 0.717) is 29.6 Å². The number of carbonyl (C=O) groups is 1. The molecule has 25 heavy (non-hydrogen) atoms. The van der Waals surface area contributed by atoms with Gasteiger partial charge in [0.1, 0.15) is 0 Å². The zero-order valence-corrected chi connectivity index (χ0v) is 15.7. The average molecular weight is 374 g/mol. The summed E-state index contributed by atoms with van der Waals surface area (Å²) in [7, 11) is 0. The van der Waals surface area contributed by atoms with Crippen LogP contribution in [0.2, 0.25) is 0 Å². The lowest BCUT2D eigenvalue weighted by Gasteiger charge is -2.08. The first kappa shape index (κ1) is 17.7. The molecule has 130 valence electrons. The van der Waals surface area contributed by atoms with Crippen LogP contribution in [0, 0.1) is 6.92 Å². The van der Waals surface area contributed by atoms with E-state index in [9.17, 15) is 4.79 Å². The summed E-state index contributed by atoms with van der Waals surface area (Å²) in [6.45, 7) is 4.44. The zero-order chi connectivity index (χ0) is 17.6. The maximum atomic E-state index is 12.6. The number of thiophene rings is 1. The van der Waals surface area contributed by atoms with Gasteiger partial charge in [-0.3, -0.25) is 4.79 Å². The van der Waals surface area contributed by atoms with Crippen molar-refractivity contribution in [1.29, 1.82) is 0 Å². The van der Waals surface area contributed by atoms with Gasteiger partial charge in [0, 0.05) is 21.6 Å². The summed E-state index contributed by atoms with van der Waals surface area (Å²) in [6, 6.07) is 11.8. The summed E-state index contributed by atoms with van der Waals surface area (Å²) < 4.78 is 4.98. The number of thioether (sulfide) groups is 1. The first-order chi connectivity index (χ1) is 12.2. The highest BCUT2D eigenvalue weighted by atomic mass is 32.2. The predicted molar refractivity (Wildman–Crippen MR) is 99.9 cm³/mol. The minimum Gasteiger partial charge on any atom is -0.347 e. The van der Waals surface area contributed by atoms with E-state index < -0.39 is 0 Å². The van der Waals surface area contributed by atoms with Crippen molar-refractivity contribution in [3.8, 4) is 0 Å². The number of aromatic nitrogens is 2. The summed E-state index contributed by atoms with van der Waals surface area (Å²) in [5.41, 5.74) is 0.667. The van der Waals surface area contributed by atoms with Gasteiger partial charge in [-0.15, -0.1) is 23.1 Å². The molecular weight excluding hydrogens is 354 g/mol. The molecule has 0 saturated heterocycles. The SMILES string of the molecule is CCc1ccc(CNC(=O)c2ccccc2SCc2noc(C)n2)s1. The Kier molecular flexibility index (Phi) is 5.88. The lowest BCUT2D eigenvalue weighted by atomic mass is 10.2. The number of nitrogens with zero attached hydrogens (tertiary/aromatic N) is 2. The lowest BCUT2D eigenvalue weighted by molar-refractivity contribution is 0.0948. The Balaban J connectivity index is 1.63. The molecule has 1 amide bonds. The van der Waals surface area contributed by atoms with Gasteiger partial charge in [0.25, 0.3) is 5.91 Å². The molecule has 1 aromatic carbocycles. The van der Waals surface area contributed by atoms with E-state index in [-0.39, 0.29) is 5.91 Å². The summed E-state index contributed by atoms with van der Waals surface area (Å²) in [4.78, 5) is 20.1. The minimum absolute atomic E-state index is 0.0705. The molecule has 5 nitrogen and oxygen atoms in total. The molecule has 2 heterocycles. The van der Waals surface area contributed by atoms with Gasteiger partial charge in [0.15, 0.2) is 5.82 Å². The quantitative estimate of drug-likeness (QED) is 0.628. The molecule has 0 atom stereocenters. The number of hydrogen-bond donors (Lipinski definition) is 1. The van der Waals surface area contributed by atoms with Gasteiger partial charge in [0.05, 0.1) is 17.9 Å². The predicted octanol–water partition coefficient (Wildman–Crippen LogP) is 4.22. The maximum absolute atomic E-state index is 12.6. The Morgan fingerprint density at radius 3 is 2.76 bits per heavy atom. The van der Waals surface area contributed by atoms with Crippen molar-refractivity contribution in [2.45, 2.75) is 37.5 Å². The molecular formula is C18H19N3O2S2. The largest absolute Gasteiger partial charge is 0.347 e. The van der Waals surface area contributed by atoms with Gasteiger partial charge in [-0.25, -0.2) is 0 Å². The first-order valence-corrected chi connectivity index (χ1v) is 9.82. The smallest absolute Gasteiger partial charge is 0.252 e. The van der Waals surface area contributed by atoms with Gasteiger partial charge in [-0.1, -0.05) is 24.2 Å². The maximum Gasteiger partial charge on any atom is 0.252 e. The van der Waals surface area contributed by atoms with Crippen LogP contribution in [0.3, 0.4) is 0 Å². The summed E-state index contributed by atoms with van der Waals surface area (Å²) >= 11 is 3.27. The van der Waals surface area contributed by atoms with E-state index in [0.717, 1.165) is 16.2 Å². The van der Waals surface area contributed by atoms with E-state index in [2.05, 4.69) is 34.5 Å². The van der Waals surface area contributed by atoms with Gasteiger partial charge in [-0.2, -0.15) is 4.98 Å². The van der Waals surface area contributed by atoms with Crippen LogP contribution in [0.1, 0.15) is 38.8 Å².